The lowest BCUT2D eigenvalue weighted by atomic mass is 10.2. The van der Waals surface area contributed by atoms with E-state index in [2.05, 4.69) is 0 Å². The predicted octanol–water partition coefficient (Wildman–Crippen LogP) is -0.771. The second kappa shape index (κ2) is 5.73. The van der Waals surface area contributed by atoms with Crippen LogP contribution < -0.4 is 4.90 Å². The van der Waals surface area contributed by atoms with Crippen LogP contribution >= 0.6 is 0 Å². The van der Waals surface area contributed by atoms with Crippen molar-refractivity contribution in [1.82, 2.24) is 4.90 Å². The summed E-state index contributed by atoms with van der Waals surface area (Å²) in [6.07, 6.45) is 0.334. The summed E-state index contributed by atoms with van der Waals surface area (Å²) in [6.45, 7) is 3.35. The fraction of sp³-hybridized carbons (Fsp3) is 0.467. The number of benzene rings is 1. The molecule has 0 aromatic heterocycles. The van der Waals surface area contributed by atoms with E-state index < -0.39 is 0 Å². The van der Waals surface area contributed by atoms with Gasteiger partial charge < -0.3 is 9.64 Å². The number of nitrogens with one attached hydrogen (secondary N) is 1. The van der Waals surface area contributed by atoms with Gasteiger partial charge >= 0.3 is 0 Å². The van der Waals surface area contributed by atoms with Crippen LogP contribution in [0.4, 0.5) is 0 Å². The molecule has 1 atom stereocenters. The highest BCUT2D eigenvalue weighted by molar-refractivity contribution is 6.04. The van der Waals surface area contributed by atoms with Crippen LogP contribution in [0.5, 0.6) is 0 Å². The third-order valence-electron chi connectivity index (χ3n) is 4.06. The SMILES string of the molecule is O=C1CC([NH+]2CCOCC2)C(=O)N1Cc1ccccc1. The van der Waals surface area contributed by atoms with E-state index >= 15 is 0 Å². The van der Waals surface area contributed by atoms with Crippen LogP contribution in [0.15, 0.2) is 30.3 Å². The number of quaternary nitrogens is 1. The Labute approximate surface area is 118 Å². The molecule has 20 heavy (non-hydrogen) atoms. The van der Waals surface area contributed by atoms with Gasteiger partial charge in [0.1, 0.15) is 13.1 Å². The first-order chi connectivity index (χ1) is 9.75. The summed E-state index contributed by atoms with van der Waals surface area (Å²) in [5.74, 6) is -0.0846. The van der Waals surface area contributed by atoms with Gasteiger partial charge in [0.05, 0.1) is 26.2 Å². The molecule has 0 bridgehead atoms. The minimum atomic E-state index is -0.213. The summed E-state index contributed by atoms with van der Waals surface area (Å²) in [4.78, 5) is 27.2. The molecule has 1 unspecified atom stereocenters. The monoisotopic (exact) mass is 275 g/mol. The van der Waals surface area contributed by atoms with E-state index in [0.29, 0.717) is 26.2 Å². The second-order valence-corrected chi connectivity index (χ2v) is 5.33. The summed E-state index contributed by atoms with van der Waals surface area (Å²) in [5.41, 5.74) is 0.992. The van der Waals surface area contributed by atoms with Gasteiger partial charge in [0.2, 0.25) is 5.91 Å². The van der Waals surface area contributed by atoms with Crippen LogP contribution in [0.1, 0.15) is 12.0 Å². The van der Waals surface area contributed by atoms with Gasteiger partial charge in [0.25, 0.3) is 5.91 Å². The summed E-state index contributed by atoms with van der Waals surface area (Å²) in [7, 11) is 0. The Morgan fingerprint density at radius 2 is 1.85 bits per heavy atom. The van der Waals surface area contributed by atoms with Gasteiger partial charge in [-0.25, -0.2) is 0 Å². The summed E-state index contributed by atoms with van der Waals surface area (Å²) in [6, 6.07) is 9.44. The van der Waals surface area contributed by atoms with Crippen LogP contribution in [-0.2, 0) is 20.9 Å². The zero-order chi connectivity index (χ0) is 13.9. The number of nitrogens with zero attached hydrogens (tertiary/aromatic N) is 1. The van der Waals surface area contributed by atoms with Gasteiger partial charge in [0, 0.05) is 0 Å². The molecule has 3 rings (SSSR count). The minimum absolute atomic E-state index is 0.0317. The average molecular weight is 275 g/mol. The molecule has 2 saturated heterocycles. The molecule has 0 saturated carbocycles. The molecule has 2 fully saturated rings. The largest absolute Gasteiger partial charge is 0.370 e. The van der Waals surface area contributed by atoms with Crippen LogP contribution in [-0.4, -0.2) is 49.1 Å². The number of amides is 2. The van der Waals surface area contributed by atoms with E-state index in [1.165, 1.54) is 9.80 Å². The molecule has 2 heterocycles. The smallest absolute Gasteiger partial charge is 0.288 e. The molecule has 1 N–H and O–H groups in total. The zero-order valence-corrected chi connectivity index (χ0v) is 11.4. The third-order valence-corrected chi connectivity index (χ3v) is 4.06. The molecule has 106 valence electrons. The average Bonchev–Trinajstić information content (AvgIpc) is 2.77. The molecule has 1 aromatic carbocycles. The fourth-order valence-electron chi connectivity index (χ4n) is 2.92. The molecule has 2 aliphatic heterocycles. The van der Waals surface area contributed by atoms with Gasteiger partial charge in [-0.3, -0.25) is 14.5 Å². The van der Waals surface area contributed by atoms with E-state index in [-0.39, 0.29) is 17.9 Å². The van der Waals surface area contributed by atoms with Gasteiger partial charge in [-0.2, -0.15) is 0 Å². The fourth-order valence-corrected chi connectivity index (χ4v) is 2.92. The molecule has 0 aliphatic carbocycles. The second-order valence-electron chi connectivity index (χ2n) is 5.33. The van der Waals surface area contributed by atoms with Crippen molar-refractivity contribution in [2.75, 3.05) is 26.3 Å². The third kappa shape index (κ3) is 2.59. The van der Waals surface area contributed by atoms with Crippen molar-refractivity contribution in [2.24, 2.45) is 0 Å². The standard InChI is InChI=1S/C15H18N2O3/c18-14-10-13(16-6-8-20-9-7-16)15(19)17(14)11-12-4-2-1-3-5-12/h1-5,13H,6-11H2/p+1. The molecule has 5 heteroatoms. The highest BCUT2D eigenvalue weighted by Crippen LogP contribution is 2.15. The van der Waals surface area contributed by atoms with Gasteiger partial charge in [-0.05, 0) is 5.56 Å². The highest BCUT2D eigenvalue weighted by Gasteiger charge is 2.45. The molecule has 1 aromatic rings. The molecule has 5 nitrogen and oxygen atoms in total. The Bertz CT molecular complexity index is 497. The van der Waals surface area contributed by atoms with Crippen molar-refractivity contribution in [3.05, 3.63) is 35.9 Å². The van der Waals surface area contributed by atoms with Gasteiger partial charge in [0.15, 0.2) is 6.04 Å². The van der Waals surface area contributed by atoms with E-state index in [0.717, 1.165) is 18.7 Å². The van der Waals surface area contributed by atoms with Crippen molar-refractivity contribution in [3.63, 3.8) is 0 Å². The van der Waals surface area contributed by atoms with Gasteiger partial charge in [-0.1, -0.05) is 30.3 Å². The molecule has 0 radical (unpaired) electrons. The van der Waals surface area contributed by atoms with Crippen LogP contribution in [0.2, 0.25) is 0 Å². The lowest BCUT2D eigenvalue weighted by Gasteiger charge is -2.27. The number of morpholine rings is 1. The number of hydrogen-bond acceptors (Lipinski definition) is 3. The molecular weight excluding hydrogens is 256 g/mol. The van der Waals surface area contributed by atoms with Crippen molar-refractivity contribution in [3.8, 4) is 0 Å². The Hall–Kier alpha value is -1.72. The van der Waals surface area contributed by atoms with Crippen molar-refractivity contribution in [1.29, 1.82) is 0 Å². The van der Waals surface area contributed by atoms with Gasteiger partial charge in [-0.15, -0.1) is 0 Å². The van der Waals surface area contributed by atoms with E-state index in [4.69, 9.17) is 4.74 Å². The van der Waals surface area contributed by atoms with Crippen molar-refractivity contribution < 1.29 is 19.2 Å². The normalized spacial score (nSPS) is 24.4. The van der Waals surface area contributed by atoms with E-state index in [9.17, 15) is 9.59 Å². The van der Waals surface area contributed by atoms with Crippen LogP contribution in [0, 0.1) is 0 Å². The number of carbonyl (C=O) groups excluding carboxylic acids is 2. The van der Waals surface area contributed by atoms with E-state index in [1.54, 1.807) is 0 Å². The van der Waals surface area contributed by atoms with Crippen molar-refractivity contribution in [2.45, 2.75) is 19.0 Å². The Kier molecular flexibility index (Phi) is 3.80. The van der Waals surface area contributed by atoms with Crippen LogP contribution in [0.3, 0.4) is 0 Å². The number of rotatable bonds is 3. The molecule has 2 amide bonds. The maximum atomic E-state index is 12.5. The molecule has 0 spiro atoms. The summed E-state index contributed by atoms with van der Waals surface area (Å²) in [5, 5.41) is 0. The number of carbonyl (C=O) groups is 2. The topological polar surface area (TPSA) is 51.1 Å². The highest BCUT2D eigenvalue weighted by atomic mass is 16.5. The van der Waals surface area contributed by atoms with Crippen molar-refractivity contribution >= 4 is 11.8 Å². The lowest BCUT2D eigenvalue weighted by Crippen LogP contribution is -3.18. The number of imide groups is 1. The Balaban J connectivity index is 1.70. The van der Waals surface area contributed by atoms with E-state index in [1.807, 2.05) is 30.3 Å². The number of hydrogen-bond donors (Lipinski definition) is 1. The summed E-state index contributed by atoms with van der Waals surface area (Å²) < 4.78 is 5.31. The lowest BCUT2D eigenvalue weighted by molar-refractivity contribution is -0.922. The quantitative estimate of drug-likeness (QED) is 0.737. The first-order valence-electron chi connectivity index (χ1n) is 7.06. The Morgan fingerprint density at radius 1 is 1.15 bits per heavy atom. The zero-order valence-electron chi connectivity index (χ0n) is 11.4. The first kappa shape index (κ1) is 13.3. The first-order valence-corrected chi connectivity index (χ1v) is 7.06. The molecular formula is C15H19N2O3+. The maximum absolute atomic E-state index is 12.5. The van der Waals surface area contributed by atoms with Crippen LogP contribution in [0.25, 0.3) is 0 Å². The minimum Gasteiger partial charge on any atom is -0.370 e. The number of ether oxygens (including phenoxy) is 1. The summed E-state index contributed by atoms with van der Waals surface area (Å²) >= 11 is 0. The number of likely N-dealkylation sites (tertiary alicyclic amines) is 1. The predicted molar refractivity (Wildman–Crippen MR) is 71.9 cm³/mol. The maximum Gasteiger partial charge on any atom is 0.288 e. The Morgan fingerprint density at radius 3 is 2.55 bits per heavy atom. The molecule has 2 aliphatic rings.